The van der Waals surface area contributed by atoms with Crippen LogP contribution in [0.15, 0.2) is 47.8 Å². The molecule has 1 heterocycles. The Morgan fingerprint density at radius 1 is 1.13 bits per heavy atom. The maximum Gasteiger partial charge on any atom is 0.248 e. The van der Waals surface area contributed by atoms with Crippen molar-refractivity contribution >= 4 is 28.1 Å². The number of anilines is 2. The van der Waals surface area contributed by atoms with Crippen LogP contribution in [0.3, 0.4) is 0 Å². The summed E-state index contributed by atoms with van der Waals surface area (Å²) in [5, 5.41) is 5.25. The zero-order valence-corrected chi connectivity index (χ0v) is 12.5. The first-order valence-corrected chi connectivity index (χ1v) is 7.48. The van der Waals surface area contributed by atoms with Crippen molar-refractivity contribution in [3.05, 3.63) is 65.0 Å². The minimum Gasteiger partial charge on any atom is -0.366 e. The summed E-state index contributed by atoms with van der Waals surface area (Å²) in [6.07, 6.45) is 0. The number of aromatic nitrogens is 1. The lowest BCUT2D eigenvalue weighted by molar-refractivity contribution is 0.100. The molecule has 3 aromatic rings. The van der Waals surface area contributed by atoms with E-state index in [2.05, 4.69) is 10.3 Å². The predicted molar refractivity (Wildman–Crippen MR) is 85.7 cm³/mol. The molecule has 3 rings (SSSR count). The van der Waals surface area contributed by atoms with E-state index in [1.54, 1.807) is 29.6 Å². The number of nitrogens with two attached hydrogens (primary N) is 1. The van der Waals surface area contributed by atoms with Gasteiger partial charge in [0.1, 0.15) is 11.6 Å². The highest BCUT2D eigenvalue weighted by Gasteiger charge is 2.09. The van der Waals surface area contributed by atoms with Crippen molar-refractivity contribution in [1.29, 1.82) is 0 Å². The largest absolute Gasteiger partial charge is 0.366 e. The van der Waals surface area contributed by atoms with Crippen molar-refractivity contribution in [2.45, 2.75) is 0 Å². The molecule has 0 bridgehead atoms. The molecule has 2 aromatic carbocycles. The van der Waals surface area contributed by atoms with Crippen LogP contribution in [0.2, 0.25) is 0 Å². The van der Waals surface area contributed by atoms with Crippen LogP contribution in [0.25, 0.3) is 11.3 Å². The second-order valence-corrected chi connectivity index (χ2v) is 5.62. The fourth-order valence-corrected chi connectivity index (χ4v) is 2.78. The van der Waals surface area contributed by atoms with Gasteiger partial charge in [0.15, 0.2) is 5.13 Å². The molecule has 0 unspecified atom stereocenters. The topological polar surface area (TPSA) is 68.0 Å². The van der Waals surface area contributed by atoms with Crippen molar-refractivity contribution in [2.75, 3.05) is 5.32 Å². The van der Waals surface area contributed by atoms with Crippen molar-refractivity contribution in [1.82, 2.24) is 4.98 Å². The zero-order chi connectivity index (χ0) is 16.4. The van der Waals surface area contributed by atoms with Gasteiger partial charge in [-0.2, -0.15) is 0 Å². The van der Waals surface area contributed by atoms with Gasteiger partial charge >= 0.3 is 0 Å². The third kappa shape index (κ3) is 3.51. The number of primary amides is 1. The summed E-state index contributed by atoms with van der Waals surface area (Å²) in [5.41, 5.74) is 7.07. The van der Waals surface area contributed by atoms with Crippen molar-refractivity contribution in [2.24, 2.45) is 5.73 Å². The summed E-state index contributed by atoms with van der Waals surface area (Å²) >= 11 is 1.28. The average molecular weight is 331 g/mol. The molecule has 0 aliphatic rings. The highest BCUT2D eigenvalue weighted by Crippen LogP contribution is 2.28. The summed E-state index contributed by atoms with van der Waals surface area (Å²) in [6.45, 7) is 0. The summed E-state index contributed by atoms with van der Waals surface area (Å²) in [5.74, 6) is -1.84. The SMILES string of the molecule is NC(=O)c1cccc(Nc2nc(-c3cc(F)cc(F)c3)cs2)c1. The Kier molecular flexibility index (Phi) is 4.03. The summed E-state index contributed by atoms with van der Waals surface area (Å²) in [7, 11) is 0. The Morgan fingerprint density at radius 2 is 1.87 bits per heavy atom. The molecule has 1 aromatic heterocycles. The first-order valence-electron chi connectivity index (χ1n) is 6.60. The molecule has 4 nitrogen and oxygen atoms in total. The van der Waals surface area contributed by atoms with E-state index in [1.165, 1.54) is 23.5 Å². The van der Waals surface area contributed by atoms with E-state index in [0.29, 0.717) is 27.6 Å². The molecule has 0 fully saturated rings. The first kappa shape index (κ1) is 15.1. The molecule has 3 N–H and O–H groups in total. The van der Waals surface area contributed by atoms with E-state index in [9.17, 15) is 13.6 Å². The summed E-state index contributed by atoms with van der Waals surface area (Å²) in [4.78, 5) is 15.5. The number of thiazole rings is 1. The minimum atomic E-state index is -0.656. The van der Waals surface area contributed by atoms with E-state index in [4.69, 9.17) is 5.73 Å². The lowest BCUT2D eigenvalue weighted by atomic mass is 10.1. The van der Waals surface area contributed by atoms with Gasteiger partial charge in [-0.3, -0.25) is 4.79 Å². The third-order valence-electron chi connectivity index (χ3n) is 3.06. The van der Waals surface area contributed by atoms with Crippen LogP contribution in [-0.2, 0) is 0 Å². The van der Waals surface area contributed by atoms with E-state index >= 15 is 0 Å². The van der Waals surface area contributed by atoms with Crippen LogP contribution in [0.4, 0.5) is 19.6 Å². The summed E-state index contributed by atoms with van der Waals surface area (Å²) in [6, 6.07) is 9.91. The highest BCUT2D eigenvalue weighted by atomic mass is 32.1. The van der Waals surface area contributed by atoms with E-state index in [0.717, 1.165) is 6.07 Å². The monoisotopic (exact) mass is 331 g/mol. The van der Waals surface area contributed by atoms with Crippen molar-refractivity contribution in [3.63, 3.8) is 0 Å². The van der Waals surface area contributed by atoms with Gasteiger partial charge in [0.25, 0.3) is 0 Å². The molecule has 7 heteroatoms. The lowest BCUT2D eigenvalue weighted by Crippen LogP contribution is -2.10. The van der Waals surface area contributed by atoms with Crippen molar-refractivity contribution in [3.8, 4) is 11.3 Å². The minimum absolute atomic E-state index is 0.359. The molecule has 0 atom stereocenters. The first-order chi connectivity index (χ1) is 11.0. The van der Waals surface area contributed by atoms with Crippen LogP contribution >= 0.6 is 11.3 Å². The Bertz CT molecular complexity index is 859. The molecular formula is C16H11F2N3OS. The Labute approximate surface area is 134 Å². The second-order valence-electron chi connectivity index (χ2n) is 4.77. The average Bonchev–Trinajstić information content (AvgIpc) is 2.95. The Morgan fingerprint density at radius 3 is 2.57 bits per heavy atom. The normalized spacial score (nSPS) is 10.5. The lowest BCUT2D eigenvalue weighted by Gasteiger charge is -2.04. The standard InChI is InChI=1S/C16H11F2N3OS/c17-11-4-10(5-12(18)7-11)14-8-23-16(21-14)20-13-3-1-2-9(6-13)15(19)22/h1-8H,(H2,19,22)(H,20,21). The highest BCUT2D eigenvalue weighted by molar-refractivity contribution is 7.14. The van der Waals surface area contributed by atoms with Gasteiger partial charge < -0.3 is 11.1 Å². The van der Waals surface area contributed by atoms with E-state index < -0.39 is 17.5 Å². The Hall–Kier alpha value is -2.80. The number of benzene rings is 2. The van der Waals surface area contributed by atoms with Gasteiger partial charge in [-0.25, -0.2) is 13.8 Å². The number of hydrogen-bond donors (Lipinski definition) is 2. The van der Waals surface area contributed by atoms with Gasteiger partial charge in [-0.15, -0.1) is 11.3 Å². The van der Waals surface area contributed by atoms with Gasteiger partial charge in [0.05, 0.1) is 5.69 Å². The van der Waals surface area contributed by atoms with Crippen LogP contribution in [-0.4, -0.2) is 10.9 Å². The molecule has 0 aliphatic carbocycles. The van der Waals surface area contributed by atoms with Crippen LogP contribution < -0.4 is 11.1 Å². The number of halogens is 2. The second kappa shape index (κ2) is 6.13. The van der Waals surface area contributed by atoms with E-state index in [-0.39, 0.29) is 0 Å². The van der Waals surface area contributed by atoms with Gasteiger partial charge in [0, 0.05) is 28.3 Å². The summed E-state index contributed by atoms with van der Waals surface area (Å²) < 4.78 is 26.5. The zero-order valence-electron chi connectivity index (χ0n) is 11.7. The van der Waals surface area contributed by atoms with Crippen molar-refractivity contribution < 1.29 is 13.6 Å². The van der Waals surface area contributed by atoms with Crippen LogP contribution in [0.5, 0.6) is 0 Å². The maximum absolute atomic E-state index is 13.3. The quantitative estimate of drug-likeness (QED) is 0.761. The molecule has 0 saturated carbocycles. The Balaban J connectivity index is 1.85. The fourth-order valence-electron chi connectivity index (χ4n) is 2.04. The van der Waals surface area contributed by atoms with Crippen LogP contribution in [0.1, 0.15) is 10.4 Å². The molecule has 0 saturated heterocycles. The third-order valence-corrected chi connectivity index (χ3v) is 3.82. The van der Waals surface area contributed by atoms with Gasteiger partial charge in [-0.1, -0.05) is 6.07 Å². The molecule has 0 spiro atoms. The number of amides is 1. The fraction of sp³-hybridized carbons (Fsp3) is 0. The molecule has 0 aliphatic heterocycles. The number of nitrogens with zero attached hydrogens (tertiary/aromatic N) is 1. The molecule has 1 amide bonds. The van der Waals surface area contributed by atoms with E-state index in [1.807, 2.05) is 0 Å². The number of nitrogens with one attached hydrogen (secondary N) is 1. The number of rotatable bonds is 4. The number of carbonyl (C=O) groups is 1. The van der Waals surface area contributed by atoms with Crippen LogP contribution in [0, 0.1) is 11.6 Å². The molecule has 0 radical (unpaired) electrons. The maximum atomic E-state index is 13.3. The van der Waals surface area contributed by atoms with Gasteiger partial charge in [0.2, 0.25) is 5.91 Å². The van der Waals surface area contributed by atoms with Gasteiger partial charge in [-0.05, 0) is 30.3 Å². The number of hydrogen-bond acceptors (Lipinski definition) is 4. The molecule has 116 valence electrons. The predicted octanol–water partition coefficient (Wildman–Crippen LogP) is 3.93. The molecular weight excluding hydrogens is 320 g/mol. The smallest absolute Gasteiger partial charge is 0.248 e. The number of carbonyl (C=O) groups excluding carboxylic acids is 1. The molecule has 23 heavy (non-hydrogen) atoms.